The van der Waals surface area contributed by atoms with Crippen LogP contribution in [0.15, 0.2) is 0 Å². The highest BCUT2D eigenvalue weighted by Crippen LogP contribution is 2.12. The predicted octanol–water partition coefficient (Wildman–Crippen LogP) is 3.36. The molecule has 30 heavy (non-hydrogen) atoms. The molecule has 0 aromatic carbocycles. The third kappa shape index (κ3) is 18.4. The lowest BCUT2D eigenvalue weighted by molar-refractivity contribution is -0.159. The maximum atomic E-state index is 11.6. The van der Waals surface area contributed by atoms with E-state index in [4.69, 9.17) is 14.9 Å². The van der Waals surface area contributed by atoms with E-state index in [0.717, 1.165) is 19.3 Å². The fourth-order valence-corrected chi connectivity index (χ4v) is 2.91. The molecule has 0 fully saturated rings. The first kappa shape index (κ1) is 28.3. The number of aliphatic hydroxyl groups is 2. The molecule has 8 heteroatoms. The van der Waals surface area contributed by atoms with Crippen LogP contribution >= 0.6 is 0 Å². The van der Waals surface area contributed by atoms with Gasteiger partial charge in [-0.15, -0.1) is 0 Å². The molecular weight excluding hydrogens is 392 g/mol. The smallest absolute Gasteiger partial charge is 0.333 e. The molecule has 0 saturated carbocycles. The lowest BCUT2D eigenvalue weighted by atomic mass is 10.0. The zero-order valence-electron chi connectivity index (χ0n) is 18.4. The van der Waals surface area contributed by atoms with E-state index in [0.29, 0.717) is 0 Å². The van der Waals surface area contributed by atoms with Crippen molar-refractivity contribution in [1.29, 1.82) is 0 Å². The number of hydrogen-bond acceptors (Lipinski definition) is 7. The third-order valence-corrected chi connectivity index (χ3v) is 4.75. The van der Waals surface area contributed by atoms with Crippen molar-refractivity contribution in [3.63, 3.8) is 0 Å². The van der Waals surface area contributed by atoms with Crippen molar-refractivity contribution in [2.75, 3.05) is 13.2 Å². The number of carboxylic acids is 1. The molecule has 0 aliphatic rings. The van der Waals surface area contributed by atoms with E-state index >= 15 is 0 Å². The fraction of sp³-hybridized carbons (Fsp3) is 0.864. The van der Waals surface area contributed by atoms with E-state index in [9.17, 15) is 19.5 Å². The summed E-state index contributed by atoms with van der Waals surface area (Å²) in [5, 5.41) is 27.1. The molecule has 0 aliphatic heterocycles. The second kappa shape index (κ2) is 19.3. The van der Waals surface area contributed by atoms with Gasteiger partial charge in [0.1, 0.15) is 19.3 Å². The second-order valence-electron chi connectivity index (χ2n) is 7.72. The summed E-state index contributed by atoms with van der Waals surface area (Å²) in [6, 6.07) is 0. The normalized spacial score (nSPS) is 12.9. The minimum atomic E-state index is -1.84. The van der Waals surface area contributed by atoms with Gasteiger partial charge in [-0.3, -0.25) is 9.59 Å². The predicted molar refractivity (Wildman–Crippen MR) is 112 cm³/mol. The summed E-state index contributed by atoms with van der Waals surface area (Å²) in [5.74, 6) is -2.89. The van der Waals surface area contributed by atoms with Gasteiger partial charge in [0, 0.05) is 6.42 Å². The molecule has 0 aliphatic carbocycles. The summed E-state index contributed by atoms with van der Waals surface area (Å²) >= 11 is 0. The van der Waals surface area contributed by atoms with Gasteiger partial charge in [0.2, 0.25) is 0 Å². The fourth-order valence-electron chi connectivity index (χ4n) is 2.91. The number of ether oxygens (including phenoxy) is 2. The topological polar surface area (TPSA) is 130 Å². The highest BCUT2D eigenvalue weighted by atomic mass is 16.6. The number of carbonyl (C=O) groups excluding carboxylic acids is 2. The first-order valence-corrected chi connectivity index (χ1v) is 11.3. The quantitative estimate of drug-likeness (QED) is 0.197. The zero-order valence-corrected chi connectivity index (χ0v) is 18.4. The average molecular weight is 433 g/mol. The van der Waals surface area contributed by atoms with Gasteiger partial charge in [0.05, 0.1) is 6.42 Å². The molecular formula is C22H40O8. The van der Waals surface area contributed by atoms with Crippen LogP contribution in [-0.2, 0) is 23.9 Å². The number of carboxylic acid groups (broad SMARTS) is 1. The molecule has 0 spiro atoms. The molecule has 1 unspecified atom stereocenters. The lowest BCUT2D eigenvalue weighted by Gasteiger charge is -2.12. The number of rotatable bonds is 20. The number of hydrogen-bond donors (Lipinski definition) is 3. The van der Waals surface area contributed by atoms with Gasteiger partial charge >= 0.3 is 17.9 Å². The highest BCUT2D eigenvalue weighted by molar-refractivity contribution is 5.80. The van der Waals surface area contributed by atoms with Gasteiger partial charge < -0.3 is 24.8 Å². The summed E-state index contributed by atoms with van der Waals surface area (Å²) in [6.07, 6.45) is 11.0. The Hall–Kier alpha value is -1.67. The van der Waals surface area contributed by atoms with Crippen molar-refractivity contribution < 1.29 is 39.2 Å². The molecule has 0 aromatic rings. The van der Waals surface area contributed by atoms with E-state index in [2.05, 4.69) is 11.7 Å². The van der Waals surface area contributed by atoms with Crippen molar-refractivity contribution in [1.82, 2.24) is 0 Å². The summed E-state index contributed by atoms with van der Waals surface area (Å²) in [5.41, 5.74) is 0. The van der Waals surface area contributed by atoms with Gasteiger partial charge in [0.15, 0.2) is 6.10 Å². The zero-order chi connectivity index (χ0) is 22.6. The minimum absolute atomic E-state index is 0.286. The van der Waals surface area contributed by atoms with Crippen LogP contribution in [0.3, 0.4) is 0 Å². The van der Waals surface area contributed by atoms with Crippen LogP contribution in [0.2, 0.25) is 0 Å². The molecule has 8 nitrogen and oxygen atoms in total. The van der Waals surface area contributed by atoms with Crippen molar-refractivity contribution in [3.05, 3.63) is 0 Å². The van der Waals surface area contributed by atoms with Crippen molar-refractivity contribution >= 4 is 17.9 Å². The van der Waals surface area contributed by atoms with Crippen LogP contribution in [0, 0.1) is 0 Å². The Kier molecular flexibility index (Phi) is 18.2. The summed E-state index contributed by atoms with van der Waals surface area (Å²) in [4.78, 5) is 33.3. The second-order valence-corrected chi connectivity index (χ2v) is 7.72. The number of esters is 2. The van der Waals surface area contributed by atoms with E-state index in [1.54, 1.807) is 0 Å². The molecule has 0 heterocycles. The SMILES string of the molecule is CCCCCCCCCCCCCCC(=O)OCC(O)COC(=O)C[C@H](O)C(=O)O. The Morgan fingerprint density at radius 2 is 1.13 bits per heavy atom. The van der Waals surface area contributed by atoms with E-state index in [-0.39, 0.29) is 13.0 Å². The van der Waals surface area contributed by atoms with E-state index < -0.39 is 43.1 Å². The molecule has 0 amide bonds. The average Bonchev–Trinajstić information content (AvgIpc) is 2.71. The Morgan fingerprint density at radius 3 is 1.60 bits per heavy atom. The van der Waals surface area contributed by atoms with Gasteiger partial charge in [-0.25, -0.2) is 4.79 Å². The van der Waals surface area contributed by atoms with Crippen LogP contribution in [0.4, 0.5) is 0 Å². The molecule has 176 valence electrons. The van der Waals surface area contributed by atoms with Crippen LogP contribution < -0.4 is 0 Å². The van der Waals surface area contributed by atoms with E-state index in [1.165, 1.54) is 57.8 Å². The number of unbranched alkanes of at least 4 members (excludes halogenated alkanes) is 11. The summed E-state index contributed by atoms with van der Waals surface area (Å²) in [7, 11) is 0. The molecule has 2 atom stereocenters. The maximum absolute atomic E-state index is 11.6. The Bertz CT molecular complexity index is 466. The Morgan fingerprint density at radius 1 is 0.700 bits per heavy atom. The molecule has 0 bridgehead atoms. The largest absolute Gasteiger partial charge is 0.479 e. The van der Waals surface area contributed by atoms with Crippen molar-refractivity contribution in [2.45, 2.75) is 109 Å². The lowest BCUT2D eigenvalue weighted by Crippen LogP contribution is -2.28. The maximum Gasteiger partial charge on any atom is 0.333 e. The highest BCUT2D eigenvalue weighted by Gasteiger charge is 2.20. The Balaban J connectivity index is 3.50. The van der Waals surface area contributed by atoms with Crippen LogP contribution in [0.25, 0.3) is 0 Å². The summed E-state index contributed by atoms with van der Waals surface area (Å²) < 4.78 is 9.56. The van der Waals surface area contributed by atoms with Crippen LogP contribution in [0.5, 0.6) is 0 Å². The molecule has 0 rings (SSSR count). The van der Waals surface area contributed by atoms with Crippen molar-refractivity contribution in [2.24, 2.45) is 0 Å². The first-order chi connectivity index (χ1) is 14.4. The molecule has 0 saturated heterocycles. The van der Waals surface area contributed by atoms with Gasteiger partial charge in [-0.1, -0.05) is 77.6 Å². The summed E-state index contributed by atoms with van der Waals surface area (Å²) in [6.45, 7) is 1.49. The molecule has 0 aromatic heterocycles. The number of aliphatic carboxylic acids is 1. The monoisotopic (exact) mass is 432 g/mol. The standard InChI is InChI=1S/C22H40O8/c1-2-3-4-5-6-7-8-9-10-11-12-13-14-20(25)29-16-18(23)17-30-21(26)15-19(24)22(27)28/h18-19,23-24H,2-17H2,1H3,(H,27,28)/t18?,19-/m0/s1. The van der Waals surface area contributed by atoms with E-state index in [1.807, 2.05) is 0 Å². The number of carbonyl (C=O) groups is 3. The molecule has 0 radical (unpaired) electrons. The minimum Gasteiger partial charge on any atom is -0.479 e. The van der Waals surface area contributed by atoms with Crippen LogP contribution in [0.1, 0.15) is 96.8 Å². The molecule has 3 N–H and O–H groups in total. The first-order valence-electron chi connectivity index (χ1n) is 11.3. The third-order valence-electron chi connectivity index (χ3n) is 4.75. The van der Waals surface area contributed by atoms with Gasteiger partial charge in [-0.05, 0) is 6.42 Å². The van der Waals surface area contributed by atoms with Gasteiger partial charge in [-0.2, -0.15) is 0 Å². The Labute approximate surface area is 179 Å². The van der Waals surface area contributed by atoms with Crippen molar-refractivity contribution in [3.8, 4) is 0 Å². The van der Waals surface area contributed by atoms with Crippen LogP contribution in [-0.4, -0.2) is 58.6 Å². The number of aliphatic hydroxyl groups excluding tert-OH is 2. The van der Waals surface area contributed by atoms with Gasteiger partial charge in [0.25, 0.3) is 0 Å².